The van der Waals surface area contributed by atoms with E-state index < -0.39 is 11.9 Å². The van der Waals surface area contributed by atoms with Crippen LogP contribution in [0.15, 0.2) is 36.5 Å². The number of carbonyl (C=O) groups is 1. The maximum Gasteiger partial charge on any atom is 0.249 e. The van der Waals surface area contributed by atoms with Crippen molar-refractivity contribution in [2.24, 2.45) is 5.73 Å². The van der Waals surface area contributed by atoms with Gasteiger partial charge in [-0.2, -0.15) is 4.39 Å². The lowest BCUT2D eigenvalue weighted by Gasteiger charge is -2.34. The summed E-state index contributed by atoms with van der Waals surface area (Å²) in [7, 11) is 2.14. The zero-order chi connectivity index (χ0) is 21.7. The molecule has 6 nitrogen and oxygen atoms in total. The standard InChI is InChI=1S/C24H24FN5O/c1-14-9-16(13-27-23(14)25)21-12-20(24(26)31)19-11-15-10-17(3-4-18(15)22(19)28-21)30-7-5-29(2)6-8-30/h3-4,9-10,12-13H,5-8,11H2,1-2H3,(H2,26,31). The number of aromatic nitrogens is 2. The zero-order valence-corrected chi connectivity index (χ0v) is 17.7. The van der Waals surface area contributed by atoms with E-state index in [1.54, 1.807) is 19.1 Å². The largest absolute Gasteiger partial charge is 0.369 e. The minimum Gasteiger partial charge on any atom is -0.369 e. The molecule has 2 N–H and O–H groups in total. The van der Waals surface area contributed by atoms with Gasteiger partial charge in [-0.3, -0.25) is 4.79 Å². The lowest BCUT2D eigenvalue weighted by molar-refractivity contribution is 0.0999. The SMILES string of the molecule is Cc1cc(-c2cc(C(N)=O)c3c(n2)-c2ccc(N4CCN(C)CC4)cc2C3)cnc1F. The summed E-state index contributed by atoms with van der Waals surface area (Å²) in [6.45, 7) is 5.73. The molecule has 2 aromatic heterocycles. The van der Waals surface area contributed by atoms with E-state index in [2.05, 4.69) is 40.0 Å². The van der Waals surface area contributed by atoms with Gasteiger partial charge in [0, 0.05) is 66.7 Å². The number of piperazine rings is 1. The Bertz CT molecular complexity index is 1200. The van der Waals surface area contributed by atoms with Crippen LogP contribution in [0.1, 0.15) is 27.0 Å². The van der Waals surface area contributed by atoms with Crippen LogP contribution in [0, 0.1) is 12.9 Å². The van der Waals surface area contributed by atoms with Crippen molar-refractivity contribution in [1.82, 2.24) is 14.9 Å². The Morgan fingerprint density at radius 2 is 1.90 bits per heavy atom. The van der Waals surface area contributed by atoms with Gasteiger partial charge in [0.25, 0.3) is 0 Å². The second-order valence-electron chi connectivity index (χ2n) is 8.39. The number of nitrogens with two attached hydrogens (primary N) is 1. The van der Waals surface area contributed by atoms with Gasteiger partial charge >= 0.3 is 0 Å². The Kier molecular flexibility index (Phi) is 4.70. The zero-order valence-electron chi connectivity index (χ0n) is 17.7. The Hall–Kier alpha value is -3.32. The van der Waals surface area contributed by atoms with Gasteiger partial charge in [-0.25, -0.2) is 9.97 Å². The Labute approximate surface area is 180 Å². The molecule has 1 aliphatic carbocycles. The molecule has 31 heavy (non-hydrogen) atoms. The van der Waals surface area contributed by atoms with E-state index in [1.165, 1.54) is 11.9 Å². The lowest BCUT2D eigenvalue weighted by atomic mass is 10.0. The summed E-state index contributed by atoms with van der Waals surface area (Å²) in [6, 6.07) is 9.80. The predicted octanol–water partition coefficient (Wildman–Crippen LogP) is 3.01. The van der Waals surface area contributed by atoms with Gasteiger partial charge in [-0.1, -0.05) is 6.07 Å². The van der Waals surface area contributed by atoms with Crippen molar-refractivity contribution >= 4 is 11.6 Å². The molecule has 3 heterocycles. The molecule has 0 atom stereocenters. The number of carbonyl (C=O) groups excluding carboxylic acids is 1. The van der Waals surface area contributed by atoms with Gasteiger partial charge in [0.05, 0.1) is 11.4 Å². The molecule has 7 heteroatoms. The molecular weight excluding hydrogens is 393 g/mol. The molecule has 0 bridgehead atoms. The third kappa shape index (κ3) is 3.45. The molecule has 1 aromatic carbocycles. The van der Waals surface area contributed by atoms with E-state index in [9.17, 15) is 9.18 Å². The van der Waals surface area contributed by atoms with Gasteiger partial charge in [0.2, 0.25) is 11.9 Å². The molecule has 5 rings (SSSR count). The van der Waals surface area contributed by atoms with Crippen LogP contribution in [-0.4, -0.2) is 54.0 Å². The van der Waals surface area contributed by atoms with E-state index in [-0.39, 0.29) is 0 Å². The van der Waals surface area contributed by atoms with Crippen LogP contribution in [0.25, 0.3) is 22.5 Å². The molecule has 0 unspecified atom stereocenters. The highest BCUT2D eigenvalue weighted by atomic mass is 19.1. The topological polar surface area (TPSA) is 75.4 Å². The second-order valence-corrected chi connectivity index (χ2v) is 8.39. The summed E-state index contributed by atoms with van der Waals surface area (Å²) < 4.78 is 13.6. The van der Waals surface area contributed by atoms with Crippen LogP contribution in [0.2, 0.25) is 0 Å². The second kappa shape index (κ2) is 7.42. The summed E-state index contributed by atoms with van der Waals surface area (Å²) in [5, 5.41) is 0. The molecule has 1 aliphatic heterocycles. The molecule has 1 amide bonds. The van der Waals surface area contributed by atoms with Crippen LogP contribution in [0.5, 0.6) is 0 Å². The number of rotatable bonds is 3. The van der Waals surface area contributed by atoms with Crippen molar-refractivity contribution in [3.05, 3.63) is 64.7 Å². The molecule has 1 saturated heterocycles. The molecule has 0 spiro atoms. The van der Waals surface area contributed by atoms with Gasteiger partial charge in [0.1, 0.15) is 0 Å². The summed E-state index contributed by atoms with van der Waals surface area (Å²) in [6.07, 6.45) is 2.06. The molecule has 1 fully saturated rings. The van der Waals surface area contributed by atoms with Crippen LogP contribution in [0.3, 0.4) is 0 Å². The quantitative estimate of drug-likeness (QED) is 0.519. The van der Waals surface area contributed by atoms with Crippen molar-refractivity contribution in [1.29, 1.82) is 0 Å². The number of amides is 1. The third-order valence-corrected chi connectivity index (χ3v) is 6.28. The molecule has 2 aliphatic rings. The Morgan fingerprint density at radius 1 is 1.13 bits per heavy atom. The average molecular weight is 417 g/mol. The smallest absolute Gasteiger partial charge is 0.249 e. The highest BCUT2D eigenvalue weighted by molar-refractivity contribution is 5.98. The van der Waals surface area contributed by atoms with Crippen LogP contribution < -0.4 is 10.6 Å². The minimum absolute atomic E-state index is 0.428. The number of pyridine rings is 2. The van der Waals surface area contributed by atoms with Crippen LogP contribution in [0.4, 0.5) is 10.1 Å². The first-order valence-electron chi connectivity index (χ1n) is 10.4. The first-order valence-corrected chi connectivity index (χ1v) is 10.4. The van der Waals surface area contributed by atoms with Gasteiger partial charge in [0.15, 0.2) is 0 Å². The number of fused-ring (bicyclic) bond motifs is 3. The highest BCUT2D eigenvalue weighted by Crippen LogP contribution is 2.40. The number of anilines is 1. The van der Waals surface area contributed by atoms with E-state index in [4.69, 9.17) is 10.7 Å². The molecule has 158 valence electrons. The molecule has 3 aromatic rings. The summed E-state index contributed by atoms with van der Waals surface area (Å²) in [5.41, 5.74) is 12.8. The van der Waals surface area contributed by atoms with Crippen molar-refractivity contribution in [2.75, 3.05) is 38.1 Å². The minimum atomic E-state index is -0.512. The number of halogens is 1. The Balaban J connectivity index is 1.57. The van der Waals surface area contributed by atoms with Crippen LogP contribution >= 0.6 is 0 Å². The summed E-state index contributed by atoms with van der Waals surface area (Å²) >= 11 is 0. The maximum atomic E-state index is 13.6. The first-order chi connectivity index (χ1) is 14.9. The van der Waals surface area contributed by atoms with Gasteiger partial charge in [-0.15, -0.1) is 0 Å². The number of hydrogen-bond acceptors (Lipinski definition) is 5. The van der Waals surface area contributed by atoms with Gasteiger partial charge < -0.3 is 15.5 Å². The maximum absolute atomic E-state index is 13.6. The van der Waals surface area contributed by atoms with Crippen molar-refractivity contribution < 1.29 is 9.18 Å². The average Bonchev–Trinajstić information content (AvgIpc) is 3.13. The number of likely N-dealkylation sites (N-methyl/N-ethyl adjacent to an activating group) is 1. The van der Waals surface area contributed by atoms with Crippen LogP contribution in [-0.2, 0) is 6.42 Å². The summed E-state index contributed by atoms with van der Waals surface area (Å²) in [5.74, 6) is -0.999. The number of primary amides is 1. The lowest BCUT2D eigenvalue weighted by Crippen LogP contribution is -2.44. The fourth-order valence-electron chi connectivity index (χ4n) is 4.45. The Morgan fingerprint density at radius 3 is 2.61 bits per heavy atom. The third-order valence-electron chi connectivity index (χ3n) is 6.28. The van der Waals surface area contributed by atoms with E-state index >= 15 is 0 Å². The molecule has 0 radical (unpaired) electrons. The normalized spacial score (nSPS) is 15.6. The van der Waals surface area contributed by atoms with E-state index in [0.717, 1.165) is 48.6 Å². The fraction of sp³-hybridized carbons (Fsp3) is 0.292. The molecule has 0 saturated carbocycles. The number of benzene rings is 1. The first kappa shape index (κ1) is 19.6. The van der Waals surface area contributed by atoms with Crippen molar-refractivity contribution in [2.45, 2.75) is 13.3 Å². The number of nitrogens with zero attached hydrogens (tertiary/aromatic N) is 4. The fourth-order valence-corrected chi connectivity index (χ4v) is 4.45. The summed E-state index contributed by atoms with van der Waals surface area (Å²) in [4.78, 5) is 25.6. The predicted molar refractivity (Wildman–Crippen MR) is 119 cm³/mol. The number of aryl methyl sites for hydroxylation is 1. The van der Waals surface area contributed by atoms with Crippen molar-refractivity contribution in [3.8, 4) is 22.5 Å². The molecular formula is C24H24FN5O. The van der Waals surface area contributed by atoms with Crippen molar-refractivity contribution in [3.63, 3.8) is 0 Å². The monoisotopic (exact) mass is 417 g/mol. The van der Waals surface area contributed by atoms with Gasteiger partial charge in [-0.05, 0) is 49.4 Å². The highest BCUT2D eigenvalue weighted by Gasteiger charge is 2.27. The van der Waals surface area contributed by atoms with E-state index in [0.29, 0.717) is 28.8 Å². The van der Waals surface area contributed by atoms with E-state index in [1.807, 2.05) is 0 Å². The number of hydrogen-bond donors (Lipinski definition) is 1.